The Balaban J connectivity index is 1.63. The summed E-state index contributed by atoms with van der Waals surface area (Å²) in [4.78, 5) is 25.1. The van der Waals surface area contributed by atoms with Gasteiger partial charge in [0, 0.05) is 19.0 Å². The molecule has 2 aliphatic carbocycles. The van der Waals surface area contributed by atoms with Gasteiger partial charge < -0.3 is 10.0 Å². The third kappa shape index (κ3) is 2.17. The molecule has 1 saturated heterocycles. The Kier molecular flexibility index (Phi) is 2.60. The molecule has 17 heavy (non-hydrogen) atoms. The van der Waals surface area contributed by atoms with Crippen molar-refractivity contribution in [2.75, 3.05) is 13.1 Å². The van der Waals surface area contributed by atoms with Gasteiger partial charge in [-0.3, -0.25) is 9.59 Å². The highest BCUT2D eigenvalue weighted by molar-refractivity contribution is 5.82. The molecule has 3 rings (SSSR count). The van der Waals surface area contributed by atoms with E-state index >= 15 is 0 Å². The summed E-state index contributed by atoms with van der Waals surface area (Å²) in [5.41, 5.74) is 0. The predicted octanol–water partition coefficient (Wildman–Crippen LogP) is 1.36. The summed E-state index contributed by atoms with van der Waals surface area (Å²) in [6.07, 6.45) is 5.42. The van der Waals surface area contributed by atoms with Crippen LogP contribution in [0.1, 0.15) is 32.1 Å². The summed E-state index contributed by atoms with van der Waals surface area (Å²) in [6, 6.07) is 0. The quantitative estimate of drug-likeness (QED) is 0.803. The van der Waals surface area contributed by atoms with Gasteiger partial charge in [0.15, 0.2) is 0 Å². The molecule has 94 valence electrons. The van der Waals surface area contributed by atoms with E-state index in [1.165, 1.54) is 25.7 Å². The van der Waals surface area contributed by atoms with E-state index in [0.29, 0.717) is 31.3 Å². The van der Waals surface area contributed by atoms with Crippen LogP contribution in [0, 0.1) is 23.7 Å². The Bertz CT molecular complexity index is 335. The van der Waals surface area contributed by atoms with Crippen LogP contribution in [0.5, 0.6) is 0 Å². The van der Waals surface area contributed by atoms with Crippen molar-refractivity contribution in [1.82, 2.24) is 4.90 Å². The molecule has 0 aromatic heterocycles. The lowest BCUT2D eigenvalue weighted by molar-refractivity contribution is -0.141. The average Bonchev–Trinajstić information content (AvgIpc) is 3.21. The topological polar surface area (TPSA) is 57.6 Å². The molecule has 1 unspecified atom stereocenters. The molecule has 1 amide bonds. The van der Waals surface area contributed by atoms with Gasteiger partial charge in [0.25, 0.3) is 0 Å². The minimum Gasteiger partial charge on any atom is -0.481 e. The molecule has 1 N–H and O–H groups in total. The predicted molar refractivity (Wildman–Crippen MR) is 61.3 cm³/mol. The highest BCUT2D eigenvalue weighted by atomic mass is 16.4. The van der Waals surface area contributed by atoms with E-state index < -0.39 is 5.97 Å². The molecule has 0 spiro atoms. The highest BCUT2D eigenvalue weighted by Crippen LogP contribution is 2.50. The SMILES string of the molecule is O=C(O)C1CCN(C(=O)C(C2CC2)C2CC2)C1. The van der Waals surface area contributed by atoms with Crippen molar-refractivity contribution < 1.29 is 14.7 Å². The Labute approximate surface area is 101 Å². The van der Waals surface area contributed by atoms with Crippen molar-refractivity contribution >= 4 is 11.9 Å². The molecule has 4 nitrogen and oxygen atoms in total. The van der Waals surface area contributed by atoms with Crippen LogP contribution in [0.15, 0.2) is 0 Å². The summed E-state index contributed by atoms with van der Waals surface area (Å²) < 4.78 is 0. The summed E-state index contributed by atoms with van der Waals surface area (Å²) in [7, 11) is 0. The molecular weight excluding hydrogens is 218 g/mol. The molecular formula is C13H19NO3. The third-order valence-corrected chi connectivity index (χ3v) is 4.39. The number of carbonyl (C=O) groups is 2. The number of carboxylic acid groups (broad SMARTS) is 1. The first-order valence-electron chi connectivity index (χ1n) is 6.68. The molecule has 0 aromatic rings. The first kappa shape index (κ1) is 11.1. The summed E-state index contributed by atoms with van der Waals surface area (Å²) >= 11 is 0. The first-order valence-corrected chi connectivity index (χ1v) is 6.68. The number of hydrogen-bond donors (Lipinski definition) is 1. The molecule has 0 aromatic carbocycles. The van der Waals surface area contributed by atoms with Gasteiger partial charge in [0.2, 0.25) is 5.91 Å². The minimum atomic E-state index is -0.755. The Morgan fingerprint density at radius 1 is 1.06 bits per heavy atom. The number of likely N-dealkylation sites (tertiary alicyclic amines) is 1. The van der Waals surface area contributed by atoms with Crippen molar-refractivity contribution in [3.05, 3.63) is 0 Å². The van der Waals surface area contributed by atoms with Crippen LogP contribution >= 0.6 is 0 Å². The van der Waals surface area contributed by atoms with Gasteiger partial charge in [-0.05, 0) is 43.9 Å². The molecule has 0 radical (unpaired) electrons. The standard InChI is InChI=1S/C13H19NO3/c15-12(11(8-1-2-8)9-3-4-9)14-6-5-10(7-14)13(16)17/h8-11H,1-7H2,(H,16,17). The summed E-state index contributed by atoms with van der Waals surface area (Å²) in [6.45, 7) is 1.08. The molecule has 0 bridgehead atoms. The number of carbonyl (C=O) groups excluding carboxylic acids is 1. The van der Waals surface area contributed by atoms with Crippen LogP contribution < -0.4 is 0 Å². The van der Waals surface area contributed by atoms with Crippen molar-refractivity contribution in [2.24, 2.45) is 23.7 Å². The highest BCUT2D eigenvalue weighted by Gasteiger charge is 2.48. The van der Waals surface area contributed by atoms with Crippen LogP contribution in [0.4, 0.5) is 0 Å². The fourth-order valence-electron chi connectivity index (χ4n) is 3.07. The molecule has 1 atom stereocenters. The lowest BCUT2D eigenvalue weighted by Gasteiger charge is -2.23. The lowest BCUT2D eigenvalue weighted by atomic mass is 9.96. The second kappa shape index (κ2) is 4.00. The maximum absolute atomic E-state index is 12.4. The summed E-state index contributed by atoms with van der Waals surface area (Å²) in [5, 5.41) is 8.96. The zero-order valence-electron chi connectivity index (χ0n) is 9.97. The maximum Gasteiger partial charge on any atom is 0.308 e. The van der Waals surface area contributed by atoms with Gasteiger partial charge in [-0.1, -0.05) is 0 Å². The smallest absolute Gasteiger partial charge is 0.308 e. The van der Waals surface area contributed by atoms with Crippen molar-refractivity contribution in [2.45, 2.75) is 32.1 Å². The van der Waals surface area contributed by atoms with E-state index in [1.807, 2.05) is 0 Å². The van der Waals surface area contributed by atoms with E-state index in [-0.39, 0.29) is 17.7 Å². The van der Waals surface area contributed by atoms with Gasteiger partial charge in [0.1, 0.15) is 0 Å². The molecule has 1 heterocycles. The van der Waals surface area contributed by atoms with E-state index in [0.717, 1.165) is 0 Å². The second-order valence-corrected chi connectivity index (χ2v) is 5.81. The number of hydrogen-bond acceptors (Lipinski definition) is 2. The largest absolute Gasteiger partial charge is 0.481 e. The van der Waals surface area contributed by atoms with Gasteiger partial charge in [-0.25, -0.2) is 0 Å². The zero-order valence-corrected chi connectivity index (χ0v) is 9.97. The molecule has 1 aliphatic heterocycles. The van der Waals surface area contributed by atoms with Crippen molar-refractivity contribution in [3.63, 3.8) is 0 Å². The third-order valence-electron chi connectivity index (χ3n) is 4.39. The zero-order chi connectivity index (χ0) is 12.0. The number of carboxylic acids is 1. The molecule has 3 aliphatic rings. The average molecular weight is 237 g/mol. The van der Waals surface area contributed by atoms with Crippen LogP contribution in [-0.2, 0) is 9.59 Å². The fraction of sp³-hybridized carbons (Fsp3) is 0.846. The molecule has 4 heteroatoms. The van der Waals surface area contributed by atoms with Crippen LogP contribution in [-0.4, -0.2) is 35.0 Å². The lowest BCUT2D eigenvalue weighted by Crippen LogP contribution is -2.37. The Morgan fingerprint density at radius 2 is 1.65 bits per heavy atom. The van der Waals surface area contributed by atoms with E-state index in [1.54, 1.807) is 4.90 Å². The number of nitrogens with zero attached hydrogens (tertiary/aromatic N) is 1. The minimum absolute atomic E-state index is 0.225. The number of rotatable bonds is 4. The van der Waals surface area contributed by atoms with Gasteiger partial charge in [-0.15, -0.1) is 0 Å². The second-order valence-electron chi connectivity index (χ2n) is 5.81. The van der Waals surface area contributed by atoms with E-state index in [9.17, 15) is 9.59 Å². The monoisotopic (exact) mass is 237 g/mol. The van der Waals surface area contributed by atoms with Gasteiger partial charge in [0.05, 0.1) is 5.92 Å². The van der Waals surface area contributed by atoms with E-state index in [4.69, 9.17) is 5.11 Å². The normalized spacial score (nSPS) is 28.8. The van der Waals surface area contributed by atoms with Gasteiger partial charge >= 0.3 is 5.97 Å². The Morgan fingerprint density at radius 3 is 2.06 bits per heavy atom. The van der Waals surface area contributed by atoms with Crippen LogP contribution in [0.2, 0.25) is 0 Å². The van der Waals surface area contributed by atoms with Crippen LogP contribution in [0.3, 0.4) is 0 Å². The first-order chi connectivity index (χ1) is 8.16. The Hall–Kier alpha value is -1.06. The van der Waals surface area contributed by atoms with Crippen molar-refractivity contribution in [3.8, 4) is 0 Å². The fourth-order valence-corrected chi connectivity index (χ4v) is 3.07. The maximum atomic E-state index is 12.4. The van der Waals surface area contributed by atoms with Crippen molar-refractivity contribution in [1.29, 1.82) is 0 Å². The van der Waals surface area contributed by atoms with E-state index in [2.05, 4.69) is 0 Å². The van der Waals surface area contributed by atoms with Crippen LogP contribution in [0.25, 0.3) is 0 Å². The molecule has 2 saturated carbocycles. The number of aliphatic carboxylic acids is 1. The summed E-state index contributed by atoms with van der Waals surface area (Å²) in [5.74, 6) is 0.603. The van der Waals surface area contributed by atoms with Gasteiger partial charge in [-0.2, -0.15) is 0 Å². The molecule has 3 fully saturated rings. The number of amides is 1.